The second kappa shape index (κ2) is 6.08. The molecule has 0 spiro atoms. The second-order valence-electron chi connectivity index (χ2n) is 4.90. The van der Waals surface area contributed by atoms with Crippen LogP contribution in [0.3, 0.4) is 0 Å². The van der Waals surface area contributed by atoms with E-state index in [1.54, 1.807) is 6.92 Å². The van der Waals surface area contributed by atoms with Gasteiger partial charge in [0.05, 0.1) is 16.5 Å². The third-order valence-corrected chi connectivity index (χ3v) is 4.61. The first-order valence-corrected chi connectivity index (χ1v) is 7.96. The van der Waals surface area contributed by atoms with Crippen molar-refractivity contribution in [1.29, 1.82) is 5.26 Å². The van der Waals surface area contributed by atoms with Gasteiger partial charge in [-0.2, -0.15) is 5.26 Å². The van der Waals surface area contributed by atoms with Crippen LogP contribution in [0.2, 0.25) is 0 Å². The Hall–Kier alpha value is -2.16. The lowest BCUT2D eigenvalue weighted by atomic mass is 10.1. The summed E-state index contributed by atoms with van der Waals surface area (Å²) in [5, 5.41) is 8.87. The number of nitriles is 1. The van der Waals surface area contributed by atoms with Gasteiger partial charge < -0.3 is 0 Å². The van der Waals surface area contributed by atoms with Gasteiger partial charge in [0.15, 0.2) is 0 Å². The number of aryl methyl sites for hydroxylation is 2. The molecule has 0 saturated carbocycles. The molecule has 0 atom stereocenters. The summed E-state index contributed by atoms with van der Waals surface area (Å²) in [6, 6.07) is 14.2. The molecular formula is C16H16N2O2S. The minimum Gasteiger partial charge on any atom is -0.207 e. The van der Waals surface area contributed by atoms with Crippen LogP contribution in [-0.2, 0) is 16.6 Å². The summed E-state index contributed by atoms with van der Waals surface area (Å²) in [4.78, 5) is 0.172. The van der Waals surface area contributed by atoms with Gasteiger partial charge in [0, 0.05) is 6.54 Å². The Labute approximate surface area is 125 Å². The van der Waals surface area contributed by atoms with Crippen molar-refractivity contribution in [3.05, 3.63) is 64.7 Å². The number of nitrogens with one attached hydrogen (secondary N) is 1. The standard InChI is InChI=1S/C16H16N2O2S/c1-12-3-5-14(6-4-12)11-18-21(19,20)16-8-7-15(10-17)13(2)9-16/h3-9,18H,11H2,1-2H3. The third-order valence-electron chi connectivity index (χ3n) is 3.22. The van der Waals surface area contributed by atoms with Gasteiger partial charge in [0.25, 0.3) is 0 Å². The molecule has 0 fully saturated rings. The van der Waals surface area contributed by atoms with Gasteiger partial charge >= 0.3 is 0 Å². The van der Waals surface area contributed by atoms with Gasteiger partial charge in [-0.05, 0) is 43.2 Å². The monoisotopic (exact) mass is 300 g/mol. The van der Waals surface area contributed by atoms with Crippen LogP contribution in [-0.4, -0.2) is 8.42 Å². The van der Waals surface area contributed by atoms with E-state index in [1.807, 2.05) is 37.3 Å². The van der Waals surface area contributed by atoms with Gasteiger partial charge in [0.2, 0.25) is 10.0 Å². The molecule has 1 N–H and O–H groups in total. The molecule has 108 valence electrons. The molecule has 21 heavy (non-hydrogen) atoms. The Morgan fingerprint density at radius 2 is 1.76 bits per heavy atom. The van der Waals surface area contributed by atoms with Crippen molar-refractivity contribution in [2.45, 2.75) is 25.3 Å². The highest BCUT2D eigenvalue weighted by atomic mass is 32.2. The first-order valence-electron chi connectivity index (χ1n) is 6.48. The molecule has 0 unspecified atom stereocenters. The predicted molar refractivity (Wildman–Crippen MR) is 81.1 cm³/mol. The van der Waals surface area contributed by atoms with E-state index >= 15 is 0 Å². The van der Waals surface area contributed by atoms with Gasteiger partial charge in [-0.3, -0.25) is 0 Å². The Kier molecular flexibility index (Phi) is 4.41. The van der Waals surface area contributed by atoms with E-state index in [9.17, 15) is 8.42 Å². The quantitative estimate of drug-likeness (QED) is 0.943. The Balaban J connectivity index is 2.17. The fourth-order valence-corrected chi connectivity index (χ4v) is 3.00. The maximum absolute atomic E-state index is 12.2. The number of sulfonamides is 1. The fraction of sp³-hybridized carbons (Fsp3) is 0.188. The number of rotatable bonds is 4. The number of nitrogens with zero attached hydrogens (tertiary/aromatic N) is 1. The molecule has 4 nitrogen and oxygen atoms in total. The van der Waals surface area contributed by atoms with Crippen LogP contribution in [0.15, 0.2) is 47.4 Å². The molecule has 2 aromatic rings. The summed E-state index contributed by atoms with van der Waals surface area (Å²) in [7, 11) is -3.58. The Morgan fingerprint density at radius 1 is 1.10 bits per heavy atom. The van der Waals surface area contributed by atoms with Crippen molar-refractivity contribution in [2.75, 3.05) is 0 Å². The normalized spacial score (nSPS) is 11.1. The lowest BCUT2D eigenvalue weighted by molar-refractivity contribution is 0.581. The van der Waals surface area contributed by atoms with Crippen molar-refractivity contribution < 1.29 is 8.42 Å². The van der Waals surface area contributed by atoms with E-state index in [0.29, 0.717) is 11.1 Å². The summed E-state index contributed by atoms with van der Waals surface area (Å²) in [6.45, 7) is 3.94. The second-order valence-corrected chi connectivity index (χ2v) is 6.67. The molecule has 0 aliphatic heterocycles. The lowest BCUT2D eigenvalue weighted by Gasteiger charge is -2.08. The Bertz CT molecular complexity index is 788. The number of benzene rings is 2. The molecule has 0 aliphatic rings. The van der Waals surface area contributed by atoms with Crippen molar-refractivity contribution in [2.24, 2.45) is 0 Å². The van der Waals surface area contributed by atoms with Crippen LogP contribution >= 0.6 is 0 Å². The molecule has 2 rings (SSSR count). The van der Waals surface area contributed by atoms with E-state index in [2.05, 4.69) is 4.72 Å². The maximum atomic E-state index is 12.2. The van der Waals surface area contributed by atoms with Gasteiger partial charge in [-0.25, -0.2) is 13.1 Å². The number of hydrogen-bond acceptors (Lipinski definition) is 3. The molecule has 0 heterocycles. The van der Waals surface area contributed by atoms with Crippen molar-refractivity contribution >= 4 is 10.0 Å². The molecule has 5 heteroatoms. The zero-order valence-electron chi connectivity index (χ0n) is 11.9. The van der Waals surface area contributed by atoms with E-state index in [-0.39, 0.29) is 11.4 Å². The zero-order chi connectivity index (χ0) is 15.5. The minimum atomic E-state index is -3.58. The topological polar surface area (TPSA) is 70.0 Å². The van der Waals surface area contributed by atoms with Gasteiger partial charge in [-0.15, -0.1) is 0 Å². The molecular weight excluding hydrogens is 284 g/mol. The average molecular weight is 300 g/mol. The maximum Gasteiger partial charge on any atom is 0.240 e. The molecule has 0 saturated heterocycles. The van der Waals surface area contributed by atoms with E-state index in [0.717, 1.165) is 11.1 Å². The molecule has 0 radical (unpaired) electrons. The van der Waals surface area contributed by atoms with Gasteiger partial charge in [0.1, 0.15) is 0 Å². The molecule has 2 aromatic carbocycles. The Morgan fingerprint density at radius 3 is 2.33 bits per heavy atom. The predicted octanol–water partition coefficient (Wildman–Crippen LogP) is 2.65. The summed E-state index contributed by atoms with van der Waals surface area (Å²) >= 11 is 0. The van der Waals surface area contributed by atoms with Crippen LogP contribution in [0.25, 0.3) is 0 Å². The van der Waals surface area contributed by atoms with Crippen molar-refractivity contribution in [1.82, 2.24) is 4.72 Å². The smallest absolute Gasteiger partial charge is 0.207 e. The highest BCUT2D eigenvalue weighted by Crippen LogP contribution is 2.15. The van der Waals surface area contributed by atoms with E-state index in [4.69, 9.17) is 5.26 Å². The van der Waals surface area contributed by atoms with E-state index < -0.39 is 10.0 Å². The number of hydrogen-bond donors (Lipinski definition) is 1. The van der Waals surface area contributed by atoms with Crippen LogP contribution in [0.4, 0.5) is 0 Å². The summed E-state index contributed by atoms with van der Waals surface area (Å²) in [5.74, 6) is 0. The minimum absolute atomic E-state index is 0.172. The van der Waals surface area contributed by atoms with Crippen molar-refractivity contribution in [3.8, 4) is 6.07 Å². The summed E-state index contributed by atoms with van der Waals surface area (Å²) in [6.07, 6.45) is 0. The molecule has 0 aromatic heterocycles. The van der Waals surface area contributed by atoms with Crippen LogP contribution in [0.1, 0.15) is 22.3 Å². The highest BCUT2D eigenvalue weighted by molar-refractivity contribution is 7.89. The molecule has 0 amide bonds. The zero-order valence-corrected chi connectivity index (χ0v) is 12.7. The first-order chi connectivity index (χ1) is 9.92. The summed E-state index contributed by atoms with van der Waals surface area (Å²) < 4.78 is 27.0. The molecule has 0 aliphatic carbocycles. The average Bonchev–Trinajstić information content (AvgIpc) is 2.46. The fourth-order valence-electron chi connectivity index (χ4n) is 1.90. The van der Waals surface area contributed by atoms with E-state index in [1.165, 1.54) is 18.2 Å². The van der Waals surface area contributed by atoms with Crippen LogP contribution in [0.5, 0.6) is 0 Å². The molecule has 0 bridgehead atoms. The van der Waals surface area contributed by atoms with Crippen molar-refractivity contribution in [3.63, 3.8) is 0 Å². The highest BCUT2D eigenvalue weighted by Gasteiger charge is 2.14. The van der Waals surface area contributed by atoms with Crippen LogP contribution in [0, 0.1) is 25.2 Å². The summed E-state index contributed by atoms with van der Waals surface area (Å²) in [5.41, 5.74) is 3.15. The SMILES string of the molecule is Cc1ccc(CNS(=O)(=O)c2ccc(C#N)c(C)c2)cc1. The first kappa shape index (κ1) is 15.2. The largest absolute Gasteiger partial charge is 0.240 e. The lowest BCUT2D eigenvalue weighted by Crippen LogP contribution is -2.23. The van der Waals surface area contributed by atoms with Crippen LogP contribution < -0.4 is 4.72 Å². The third kappa shape index (κ3) is 3.69. The van der Waals surface area contributed by atoms with Gasteiger partial charge in [-0.1, -0.05) is 29.8 Å².